The number of hydrogen-bond acceptors (Lipinski definition) is 2. The third kappa shape index (κ3) is 3.22. The molecule has 0 saturated carbocycles. The third-order valence-corrected chi connectivity index (χ3v) is 3.35. The molecular formula is C17H19NO. The van der Waals surface area contributed by atoms with E-state index in [0.29, 0.717) is 6.42 Å². The Morgan fingerprint density at radius 2 is 1.53 bits per heavy atom. The second kappa shape index (κ2) is 6.19. The summed E-state index contributed by atoms with van der Waals surface area (Å²) in [5, 5.41) is 0. The van der Waals surface area contributed by atoms with Gasteiger partial charge in [-0.1, -0.05) is 42.5 Å². The minimum absolute atomic E-state index is 0.148. The first-order valence-corrected chi connectivity index (χ1v) is 6.48. The van der Waals surface area contributed by atoms with Gasteiger partial charge in [0.1, 0.15) is 6.29 Å². The summed E-state index contributed by atoms with van der Waals surface area (Å²) >= 11 is 0. The van der Waals surface area contributed by atoms with Gasteiger partial charge in [-0.15, -0.1) is 0 Å². The zero-order valence-electron chi connectivity index (χ0n) is 11.4. The van der Waals surface area contributed by atoms with Crippen molar-refractivity contribution in [2.75, 3.05) is 19.0 Å². The molecule has 98 valence electrons. The van der Waals surface area contributed by atoms with Crippen molar-refractivity contribution in [3.05, 3.63) is 65.7 Å². The highest BCUT2D eigenvalue weighted by atomic mass is 16.1. The van der Waals surface area contributed by atoms with E-state index in [4.69, 9.17) is 0 Å². The Labute approximate surface area is 114 Å². The van der Waals surface area contributed by atoms with Crippen LogP contribution >= 0.6 is 0 Å². The van der Waals surface area contributed by atoms with Crippen molar-refractivity contribution in [3.63, 3.8) is 0 Å². The molecule has 0 aliphatic carbocycles. The predicted molar refractivity (Wildman–Crippen MR) is 79.7 cm³/mol. The Hall–Kier alpha value is -2.09. The smallest absolute Gasteiger partial charge is 0.120 e. The van der Waals surface area contributed by atoms with Gasteiger partial charge in [-0.2, -0.15) is 0 Å². The van der Waals surface area contributed by atoms with Crippen LogP contribution in [-0.2, 0) is 4.79 Å². The fourth-order valence-electron chi connectivity index (χ4n) is 2.25. The van der Waals surface area contributed by atoms with Crippen LogP contribution in [0.2, 0.25) is 0 Å². The minimum atomic E-state index is 0.148. The molecule has 2 nitrogen and oxygen atoms in total. The summed E-state index contributed by atoms with van der Waals surface area (Å²) in [6.07, 6.45) is 1.52. The number of hydrogen-bond donors (Lipinski definition) is 0. The van der Waals surface area contributed by atoms with Crippen LogP contribution in [0.25, 0.3) is 0 Å². The van der Waals surface area contributed by atoms with Gasteiger partial charge in [0.15, 0.2) is 0 Å². The molecule has 0 aromatic heterocycles. The van der Waals surface area contributed by atoms with Gasteiger partial charge in [0.2, 0.25) is 0 Å². The molecule has 0 fully saturated rings. The quantitative estimate of drug-likeness (QED) is 0.760. The maximum atomic E-state index is 10.9. The molecule has 0 aliphatic rings. The molecule has 0 bridgehead atoms. The van der Waals surface area contributed by atoms with E-state index < -0.39 is 0 Å². The van der Waals surface area contributed by atoms with Crippen molar-refractivity contribution in [2.24, 2.45) is 0 Å². The summed E-state index contributed by atoms with van der Waals surface area (Å²) in [4.78, 5) is 13.0. The molecule has 2 rings (SSSR count). The first-order chi connectivity index (χ1) is 9.22. The Morgan fingerprint density at radius 1 is 0.947 bits per heavy atom. The van der Waals surface area contributed by atoms with Gasteiger partial charge < -0.3 is 9.69 Å². The standard InChI is InChI=1S/C17H19NO/c1-18(2)16-10-8-15(9-11-16)17(12-13-19)14-6-4-3-5-7-14/h3-11,13,17H,12H2,1-2H3. The van der Waals surface area contributed by atoms with Crippen LogP contribution in [0.4, 0.5) is 5.69 Å². The lowest BCUT2D eigenvalue weighted by atomic mass is 9.89. The van der Waals surface area contributed by atoms with Crippen LogP contribution < -0.4 is 4.90 Å². The lowest BCUT2D eigenvalue weighted by Crippen LogP contribution is -2.09. The zero-order chi connectivity index (χ0) is 13.7. The first-order valence-electron chi connectivity index (χ1n) is 6.48. The molecule has 1 unspecified atom stereocenters. The average Bonchev–Trinajstić information content (AvgIpc) is 2.46. The van der Waals surface area contributed by atoms with E-state index in [1.165, 1.54) is 16.8 Å². The van der Waals surface area contributed by atoms with Crippen LogP contribution in [0.1, 0.15) is 23.5 Å². The van der Waals surface area contributed by atoms with Gasteiger partial charge in [-0.25, -0.2) is 0 Å². The monoisotopic (exact) mass is 253 g/mol. The molecule has 2 aromatic carbocycles. The largest absolute Gasteiger partial charge is 0.378 e. The number of benzene rings is 2. The second-order valence-electron chi connectivity index (χ2n) is 4.85. The van der Waals surface area contributed by atoms with E-state index in [1.54, 1.807) is 0 Å². The molecule has 0 radical (unpaired) electrons. The van der Waals surface area contributed by atoms with Crippen molar-refractivity contribution in [1.29, 1.82) is 0 Å². The van der Waals surface area contributed by atoms with E-state index in [9.17, 15) is 4.79 Å². The summed E-state index contributed by atoms with van der Waals surface area (Å²) in [5.74, 6) is 0.148. The summed E-state index contributed by atoms with van der Waals surface area (Å²) < 4.78 is 0. The van der Waals surface area contributed by atoms with Crippen LogP contribution in [0.3, 0.4) is 0 Å². The highest BCUT2D eigenvalue weighted by Crippen LogP contribution is 2.28. The zero-order valence-corrected chi connectivity index (χ0v) is 11.4. The number of carbonyl (C=O) groups excluding carboxylic acids is 1. The number of carbonyl (C=O) groups is 1. The second-order valence-corrected chi connectivity index (χ2v) is 4.85. The summed E-state index contributed by atoms with van der Waals surface area (Å²) in [5.41, 5.74) is 3.54. The third-order valence-electron chi connectivity index (χ3n) is 3.35. The van der Waals surface area contributed by atoms with Gasteiger partial charge in [0.05, 0.1) is 0 Å². The van der Waals surface area contributed by atoms with Crippen molar-refractivity contribution in [3.8, 4) is 0 Å². The van der Waals surface area contributed by atoms with Gasteiger partial charge >= 0.3 is 0 Å². The van der Waals surface area contributed by atoms with Crippen LogP contribution in [-0.4, -0.2) is 20.4 Å². The topological polar surface area (TPSA) is 20.3 Å². The Morgan fingerprint density at radius 3 is 2.05 bits per heavy atom. The molecule has 19 heavy (non-hydrogen) atoms. The Balaban J connectivity index is 2.31. The molecule has 0 heterocycles. The molecule has 1 atom stereocenters. The maximum Gasteiger partial charge on any atom is 0.120 e. The van der Waals surface area contributed by atoms with Gasteiger partial charge in [0, 0.05) is 32.1 Å². The molecule has 0 aliphatic heterocycles. The highest BCUT2D eigenvalue weighted by Gasteiger charge is 2.13. The predicted octanol–water partition coefficient (Wildman–Crippen LogP) is 3.47. The van der Waals surface area contributed by atoms with E-state index in [-0.39, 0.29) is 5.92 Å². The Kier molecular flexibility index (Phi) is 4.35. The highest BCUT2D eigenvalue weighted by molar-refractivity contribution is 5.55. The molecule has 0 amide bonds. The SMILES string of the molecule is CN(C)c1ccc(C(CC=O)c2ccccc2)cc1. The van der Waals surface area contributed by atoms with E-state index in [2.05, 4.69) is 41.3 Å². The summed E-state index contributed by atoms with van der Waals surface area (Å²) in [6.45, 7) is 0. The van der Waals surface area contributed by atoms with Crippen LogP contribution in [0, 0.1) is 0 Å². The molecule has 2 aromatic rings. The van der Waals surface area contributed by atoms with Crippen molar-refractivity contribution >= 4 is 12.0 Å². The molecule has 0 saturated heterocycles. The fourth-order valence-corrected chi connectivity index (χ4v) is 2.25. The lowest BCUT2D eigenvalue weighted by molar-refractivity contribution is -0.108. The number of anilines is 1. The summed E-state index contributed by atoms with van der Waals surface area (Å²) in [6, 6.07) is 18.6. The summed E-state index contributed by atoms with van der Waals surface area (Å²) in [7, 11) is 4.05. The Bertz CT molecular complexity index is 517. The minimum Gasteiger partial charge on any atom is -0.378 e. The van der Waals surface area contributed by atoms with Crippen molar-refractivity contribution in [2.45, 2.75) is 12.3 Å². The fraction of sp³-hybridized carbons (Fsp3) is 0.235. The van der Waals surface area contributed by atoms with E-state index in [0.717, 1.165) is 6.29 Å². The molecule has 0 spiro atoms. The molecule has 2 heteroatoms. The normalized spacial score (nSPS) is 11.9. The van der Waals surface area contributed by atoms with Crippen LogP contribution in [0.15, 0.2) is 54.6 Å². The van der Waals surface area contributed by atoms with Crippen molar-refractivity contribution in [1.82, 2.24) is 0 Å². The number of nitrogens with zero attached hydrogens (tertiary/aromatic N) is 1. The first kappa shape index (κ1) is 13.3. The van der Waals surface area contributed by atoms with E-state index in [1.807, 2.05) is 32.3 Å². The molecule has 0 N–H and O–H groups in total. The van der Waals surface area contributed by atoms with Crippen molar-refractivity contribution < 1.29 is 4.79 Å². The average molecular weight is 253 g/mol. The van der Waals surface area contributed by atoms with Crippen LogP contribution in [0.5, 0.6) is 0 Å². The maximum absolute atomic E-state index is 10.9. The number of aldehydes is 1. The van der Waals surface area contributed by atoms with Gasteiger partial charge in [0.25, 0.3) is 0 Å². The lowest BCUT2D eigenvalue weighted by Gasteiger charge is -2.17. The van der Waals surface area contributed by atoms with Gasteiger partial charge in [-0.05, 0) is 23.3 Å². The van der Waals surface area contributed by atoms with E-state index >= 15 is 0 Å². The van der Waals surface area contributed by atoms with Gasteiger partial charge in [-0.3, -0.25) is 0 Å². The molecular weight excluding hydrogens is 234 g/mol. The number of rotatable bonds is 5.